The number of alkyl halides is 3. The van der Waals surface area contributed by atoms with Gasteiger partial charge < -0.3 is 15.4 Å². The molecule has 0 radical (unpaired) electrons. The largest absolute Gasteiger partial charge is 0.493 e. The van der Waals surface area contributed by atoms with Crippen LogP contribution in [0.2, 0.25) is 0 Å². The van der Waals surface area contributed by atoms with Crippen molar-refractivity contribution in [3.05, 3.63) is 29.3 Å². The van der Waals surface area contributed by atoms with Gasteiger partial charge in [0.2, 0.25) is 11.8 Å². The van der Waals surface area contributed by atoms with Crippen LogP contribution in [0.4, 0.5) is 13.2 Å². The van der Waals surface area contributed by atoms with Crippen molar-refractivity contribution < 1.29 is 27.5 Å². The lowest BCUT2D eigenvalue weighted by Gasteiger charge is -2.32. The quantitative estimate of drug-likeness (QED) is 0.800. The van der Waals surface area contributed by atoms with Gasteiger partial charge in [-0.25, -0.2) is 0 Å². The van der Waals surface area contributed by atoms with Crippen molar-refractivity contribution in [2.75, 3.05) is 6.61 Å². The molecule has 136 valence electrons. The van der Waals surface area contributed by atoms with E-state index >= 15 is 0 Å². The predicted octanol–water partition coefficient (Wildman–Crippen LogP) is 2.39. The minimum Gasteiger partial charge on any atom is -0.493 e. The summed E-state index contributed by atoms with van der Waals surface area (Å²) in [5, 5.41) is 4.69. The van der Waals surface area contributed by atoms with Crippen LogP contribution in [0.15, 0.2) is 18.2 Å². The maximum atomic E-state index is 12.7. The van der Waals surface area contributed by atoms with Gasteiger partial charge in [0, 0.05) is 12.0 Å². The summed E-state index contributed by atoms with van der Waals surface area (Å²) in [6, 6.07) is 3.43. The zero-order valence-electron chi connectivity index (χ0n) is 13.7. The maximum absolute atomic E-state index is 12.7. The fourth-order valence-corrected chi connectivity index (χ4v) is 3.22. The number of hydrogen-bond donors (Lipinski definition) is 2. The summed E-state index contributed by atoms with van der Waals surface area (Å²) >= 11 is 0. The first-order valence-electron chi connectivity index (χ1n) is 8.16. The van der Waals surface area contributed by atoms with Crippen molar-refractivity contribution >= 4 is 11.8 Å². The van der Waals surface area contributed by atoms with Gasteiger partial charge in [0.25, 0.3) is 0 Å². The van der Waals surface area contributed by atoms with E-state index in [1.54, 1.807) is 0 Å². The molecule has 0 bridgehead atoms. The summed E-state index contributed by atoms with van der Waals surface area (Å²) in [5.41, 5.74) is 1.84. The molecule has 8 heteroatoms. The van der Waals surface area contributed by atoms with Gasteiger partial charge in [0.05, 0.1) is 12.6 Å². The highest BCUT2D eigenvalue weighted by Gasteiger charge is 2.46. The minimum atomic E-state index is -4.49. The first-order chi connectivity index (χ1) is 11.8. The number of carbonyl (C=O) groups is 2. The molecule has 3 rings (SSSR count). The SMILES string of the molecule is Cc1ccc2c(c1)OCCC2NC(=O)C1CCC(C(F)(F)F)NC1=O. The molecule has 0 aliphatic carbocycles. The lowest BCUT2D eigenvalue weighted by molar-refractivity contribution is -0.171. The molecule has 5 nitrogen and oxygen atoms in total. The third kappa shape index (κ3) is 3.72. The Labute approximate surface area is 142 Å². The van der Waals surface area contributed by atoms with Gasteiger partial charge in [0.1, 0.15) is 17.7 Å². The smallest absolute Gasteiger partial charge is 0.408 e. The second-order valence-corrected chi connectivity index (χ2v) is 6.47. The molecule has 2 aliphatic heterocycles. The van der Waals surface area contributed by atoms with Crippen LogP contribution >= 0.6 is 0 Å². The number of ether oxygens (including phenoxy) is 1. The molecule has 1 fully saturated rings. The van der Waals surface area contributed by atoms with Crippen molar-refractivity contribution in [2.45, 2.75) is 44.4 Å². The van der Waals surface area contributed by atoms with E-state index in [0.717, 1.165) is 11.1 Å². The van der Waals surface area contributed by atoms with Crippen LogP contribution in [0, 0.1) is 12.8 Å². The number of carbonyl (C=O) groups excluding carboxylic acids is 2. The van der Waals surface area contributed by atoms with Crippen molar-refractivity contribution in [3.8, 4) is 5.75 Å². The number of rotatable bonds is 2. The summed E-state index contributed by atoms with van der Waals surface area (Å²) < 4.78 is 43.6. The Morgan fingerprint density at radius 2 is 2.04 bits per heavy atom. The number of hydrogen-bond acceptors (Lipinski definition) is 3. The highest BCUT2D eigenvalue weighted by Crippen LogP contribution is 2.34. The summed E-state index contributed by atoms with van der Waals surface area (Å²) in [4.78, 5) is 24.3. The van der Waals surface area contributed by atoms with Gasteiger partial charge in [0.15, 0.2) is 0 Å². The van der Waals surface area contributed by atoms with Crippen LogP contribution in [-0.2, 0) is 9.59 Å². The lowest BCUT2D eigenvalue weighted by Crippen LogP contribution is -2.54. The molecule has 2 heterocycles. The lowest BCUT2D eigenvalue weighted by atomic mass is 9.91. The van der Waals surface area contributed by atoms with E-state index in [2.05, 4.69) is 5.32 Å². The number of fused-ring (bicyclic) bond motifs is 1. The van der Waals surface area contributed by atoms with Crippen molar-refractivity contribution in [3.63, 3.8) is 0 Å². The molecule has 1 saturated heterocycles. The Bertz CT molecular complexity index is 690. The number of amides is 2. The van der Waals surface area contributed by atoms with E-state index in [4.69, 9.17) is 4.74 Å². The molecule has 3 unspecified atom stereocenters. The average molecular weight is 356 g/mol. The van der Waals surface area contributed by atoms with Gasteiger partial charge in [-0.1, -0.05) is 12.1 Å². The van der Waals surface area contributed by atoms with E-state index in [9.17, 15) is 22.8 Å². The Morgan fingerprint density at radius 1 is 1.28 bits per heavy atom. The normalized spacial score (nSPS) is 26.2. The predicted molar refractivity (Wildman–Crippen MR) is 82.9 cm³/mol. The number of nitrogens with one attached hydrogen (secondary N) is 2. The van der Waals surface area contributed by atoms with E-state index in [1.165, 1.54) is 0 Å². The van der Waals surface area contributed by atoms with Crippen LogP contribution in [0.5, 0.6) is 5.75 Å². The number of aryl methyl sites for hydroxylation is 1. The molecule has 2 N–H and O–H groups in total. The van der Waals surface area contributed by atoms with Crippen LogP contribution in [0.25, 0.3) is 0 Å². The monoisotopic (exact) mass is 356 g/mol. The van der Waals surface area contributed by atoms with Crippen molar-refractivity contribution in [2.24, 2.45) is 5.92 Å². The van der Waals surface area contributed by atoms with E-state index < -0.39 is 30.0 Å². The standard InChI is InChI=1S/C17H19F3N2O3/c1-9-2-3-10-12(6-7-25-13(10)8-9)21-15(23)11-4-5-14(17(18,19)20)22-16(11)24/h2-3,8,11-12,14H,4-7H2,1H3,(H,21,23)(H,22,24). The fourth-order valence-electron chi connectivity index (χ4n) is 3.22. The van der Waals surface area contributed by atoms with Crippen molar-refractivity contribution in [1.29, 1.82) is 0 Å². The molecule has 0 saturated carbocycles. The summed E-state index contributed by atoms with van der Waals surface area (Å²) in [7, 11) is 0. The van der Waals surface area contributed by atoms with Crippen LogP contribution < -0.4 is 15.4 Å². The summed E-state index contributed by atoms with van der Waals surface area (Å²) in [5.74, 6) is -1.84. The Morgan fingerprint density at radius 3 is 2.72 bits per heavy atom. The van der Waals surface area contributed by atoms with Gasteiger partial charge in [-0.15, -0.1) is 0 Å². The molecule has 0 aromatic heterocycles. The highest BCUT2D eigenvalue weighted by atomic mass is 19.4. The summed E-state index contributed by atoms with van der Waals surface area (Å²) in [6.07, 6.45) is -4.36. The minimum absolute atomic E-state index is 0.119. The second-order valence-electron chi connectivity index (χ2n) is 6.47. The third-order valence-corrected chi connectivity index (χ3v) is 4.61. The van der Waals surface area contributed by atoms with Gasteiger partial charge in [-0.3, -0.25) is 9.59 Å². The molecular formula is C17H19F3N2O3. The Kier molecular flexibility index (Phi) is 4.62. The molecule has 3 atom stereocenters. The number of halogens is 3. The molecule has 2 aliphatic rings. The van der Waals surface area contributed by atoms with E-state index in [0.29, 0.717) is 18.8 Å². The first kappa shape index (κ1) is 17.6. The number of piperidine rings is 1. The van der Waals surface area contributed by atoms with Crippen molar-refractivity contribution in [1.82, 2.24) is 10.6 Å². The molecule has 1 aromatic rings. The molecule has 0 spiro atoms. The zero-order chi connectivity index (χ0) is 18.2. The Hall–Kier alpha value is -2.25. The topological polar surface area (TPSA) is 67.4 Å². The van der Waals surface area contributed by atoms with E-state index in [1.807, 2.05) is 30.4 Å². The Balaban J connectivity index is 1.67. The highest BCUT2D eigenvalue weighted by molar-refractivity contribution is 6.01. The zero-order valence-corrected chi connectivity index (χ0v) is 13.7. The van der Waals surface area contributed by atoms with Crippen LogP contribution in [-0.4, -0.2) is 30.6 Å². The fraction of sp³-hybridized carbons (Fsp3) is 0.529. The number of benzene rings is 1. The van der Waals surface area contributed by atoms with E-state index in [-0.39, 0.29) is 18.9 Å². The molecule has 1 aromatic carbocycles. The van der Waals surface area contributed by atoms with Gasteiger partial charge in [-0.2, -0.15) is 13.2 Å². The first-order valence-corrected chi connectivity index (χ1v) is 8.16. The maximum Gasteiger partial charge on any atom is 0.408 e. The second kappa shape index (κ2) is 6.57. The van der Waals surface area contributed by atoms with Crippen LogP contribution in [0.1, 0.15) is 36.4 Å². The van der Waals surface area contributed by atoms with Gasteiger partial charge in [-0.05, 0) is 31.4 Å². The van der Waals surface area contributed by atoms with Crippen LogP contribution in [0.3, 0.4) is 0 Å². The molecule has 2 amide bonds. The third-order valence-electron chi connectivity index (χ3n) is 4.61. The molecule has 25 heavy (non-hydrogen) atoms. The summed E-state index contributed by atoms with van der Waals surface area (Å²) in [6.45, 7) is 2.35. The molecular weight excluding hydrogens is 337 g/mol. The average Bonchev–Trinajstić information content (AvgIpc) is 2.53. The van der Waals surface area contributed by atoms with Gasteiger partial charge >= 0.3 is 6.18 Å².